The van der Waals surface area contributed by atoms with E-state index in [1.165, 1.54) is 22.4 Å². The first-order valence-electron chi connectivity index (χ1n) is 8.66. The quantitative estimate of drug-likeness (QED) is 0.740. The van der Waals surface area contributed by atoms with Gasteiger partial charge in [-0.2, -0.15) is 4.98 Å². The summed E-state index contributed by atoms with van der Waals surface area (Å²) in [5, 5.41) is 3.35. The fraction of sp³-hybridized carbons (Fsp3) is 0.238. The zero-order chi connectivity index (χ0) is 17.4. The summed E-state index contributed by atoms with van der Waals surface area (Å²) in [6.07, 6.45) is 2.86. The lowest BCUT2D eigenvalue weighted by Gasteiger charge is -2.24. The van der Waals surface area contributed by atoms with Gasteiger partial charge in [0.15, 0.2) is 0 Å². The number of benzene rings is 2. The van der Waals surface area contributed by atoms with Crippen LogP contribution in [0.3, 0.4) is 0 Å². The van der Waals surface area contributed by atoms with Crippen LogP contribution in [0.2, 0.25) is 0 Å². The predicted octanol–water partition coefficient (Wildman–Crippen LogP) is 4.92. The minimum Gasteiger partial charge on any atom is -0.324 e. The zero-order valence-corrected chi connectivity index (χ0v) is 14.8. The van der Waals surface area contributed by atoms with E-state index in [2.05, 4.69) is 78.4 Å². The molecule has 0 saturated carbocycles. The van der Waals surface area contributed by atoms with Crippen LogP contribution in [0.4, 0.5) is 23.1 Å². The van der Waals surface area contributed by atoms with Gasteiger partial charge in [0.25, 0.3) is 0 Å². The molecule has 0 spiro atoms. The standard InChI is InChI=1S/C21H22N4/c1-14-8-9-18(15(2)12-14)23-21-22-11-10-20(24-21)25-16(3)13-17-6-4-5-7-19(17)25/h4-12,16H,13H2,1-3H3,(H,22,23,24). The van der Waals surface area contributed by atoms with E-state index >= 15 is 0 Å². The van der Waals surface area contributed by atoms with Crippen molar-refractivity contribution >= 4 is 23.1 Å². The molecule has 25 heavy (non-hydrogen) atoms. The number of nitrogens with one attached hydrogen (secondary N) is 1. The second-order valence-electron chi connectivity index (χ2n) is 6.73. The highest BCUT2D eigenvalue weighted by atomic mass is 15.3. The highest BCUT2D eigenvalue weighted by Gasteiger charge is 2.27. The average Bonchev–Trinajstić information content (AvgIpc) is 2.93. The van der Waals surface area contributed by atoms with E-state index in [9.17, 15) is 0 Å². The van der Waals surface area contributed by atoms with Crippen molar-refractivity contribution in [1.29, 1.82) is 0 Å². The smallest absolute Gasteiger partial charge is 0.229 e. The van der Waals surface area contributed by atoms with Gasteiger partial charge in [-0.3, -0.25) is 0 Å². The molecule has 0 aliphatic carbocycles. The van der Waals surface area contributed by atoms with Crippen LogP contribution in [0.25, 0.3) is 0 Å². The molecule has 3 aromatic rings. The van der Waals surface area contributed by atoms with Crippen LogP contribution in [0.5, 0.6) is 0 Å². The molecule has 126 valence electrons. The van der Waals surface area contributed by atoms with E-state index in [4.69, 9.17) is 4.98 Å². The maximum atomic E-state index is 4.77. The van der Waals surface area contributed by atoms with Crippen LogP contribution < -0.4 is 10.2 Å². The molecule has 1 atom stereocenters. The molecule has 1 N–H and O–H groups in total. The molecule has 1 unspecified atom stereocenters. The number of aryl methyl sites for hydroxylation is 2. The van der Waals surface area contributed by atoms with Crippen LogP contribution in [-0.2, 0) is 6.42 Å². The Morgan fingerprint density at radius 2 is 1.92 bits per heavy atom. The van der Waals surface area contributed by atoms with E-state index in [0.717, 1.165) is 17.9 Å². The zero-order valence-electron chi connectivity index (χ0n) is 14.8. The normalized spacial score (nSPS) is 16.0. The van der Waals surface area contributed by atoms with E-state index < -0.39 is 0 Å². The summed E-state index contributed by atoms with van der Waals surface area (Å²) in [6, 6.07) is 17.2. The third-order valence-corrected chi connectivity index (χ3v) is 4.72. The Morgan fingerprint density at radius 1 is 1.08 bits per heavy atom. The molecule has 0 radical (unpaired) electrons. The molecule has 4 rings (SSSR count). The van der Waals surface area contributed by atoms with Crippen LogP contribution in [0.15, 0.2) is 54.7 Å². The molecule has 2 aromatic carbocycles. The van der Waals surface area contributed by atoms with Gasteiger partial charge in [0.1, 0.15) is 5.82 Å². The predicted molar refractivity (Wildman–Crippen MR) is 103 cm³/mol. The van der Waals surface area contributed by atoms with Gasteiger partial charge in [0, 0.05) is 23.6 Å². The first kappa shape index (κ1) is 15.6. The largest absolute Gasteiger partial charge is 0.324 e. The summed E-state index contributed by atoms with van der Waals surface area (Å²) < 4.78 is 0. The monoisotopic (exact) mass is 330 g/mol. The molecular formula is C21H22N4. The molecule has 4 heteroatoms. The number of hydrogen-bond acceptors (Lipinski definition) is 4. The van der Waals surface area contributed by atoms with E-state index in [0.29, 0.717) is 12.0 Å². The van der Waals surface area contributed by atoms with Gasteiger partial charge < -0.3 is 10.2 Å². The van der Waals surface area contributed by atoms with Crippen molar-refractivity contribution < 1.29 is 0 Å². The lowest BCUT2D eigenvalue weighted by molar-refractivity contribution is 0.749. The van der Waals surface area contributed by atoms with Crippen LogP contribution in [-0.4, -0.2) is 16.0 Å². The molecule has 1 aliphatic heterocycles. The number of aromatic nitrogens is 2. The number of hydrogen-bond donors (Lipinski definition) is 1. The highest BCUT2D eigenvalue weighted by Crippen LogP contribution is 2.37. The maximum Gasteiger partial charge on any atom is 0.229 e. The summed E-state index contributed by atoms with van der Waals surface area (Å²) >= 11 is 0. The van der Waals surface area contributed by atoms with Gasteiger partial charge in [-0.25, -0.2) is 4.98 Å². The number of anilines is 4. The highest BCUT2D eigenvalue weighted by molar-refractivity contribution is 5.69. The minimum absolute atomic E-state index is 0.390. The van der Waals surface area contributed by atoms with Crippen molar-refractivity contribution in [3.8, 4) is 0 Å². The van der Waals surface area contributed by atoms with Gasteiger partial charge in [-0.15, -0.1) is 0 Å². The fourth-order valence-electron chi connectivity index (χ4n) is 3.53. The van der Waals surface area contributed by atoms with E-state index in [-0.39, 0.29) is 0 Å². The molecule has 0 saturated heterocycles. The van der Waals surface area contributed by atoms with Crippen LogP contribution in [0, 0.1) is 13.8 Å². The number of para-hydroxylation sites is 1. The fourth-order valence-corrected chi connectivity index (χ4v) is 3.53. The Hall–Kier alpha value is -2.88. The molecule has 0 bridgehead atoms. The van der Waals surface area contributed by atoms with Crippen molar-refractivity contribution in [3.05, 3.63) is 71.4 Å². The molecule has 0 amide bonds. The lowest BCUT2D eigenvalue weighted by Crippen LogP contribution is -2.25. The molecule has 0 fully saturated rings. The van der Waals surface area contributed by atoms with E-state index in [1.807, 2.05) is 12.3 Å². The van der Waals surface area contributed by atoms with E-state index in [1.54, 1.807) is 0 Å². The van der Waals surface area contributed by atoms with Crippen molar-refractivity contribution in [2.45, 2.75) is 33.2 Å². The summed E-state index contributed by atoms with van der Waals surface area (Å²) in [7, 11) is 0. The Balaban J connectivity index is 1.66. The van der Waals surface area contributed by atoms with Crippen LogP contribution in [0.1, 0.15) is 23.6 Å². The van der Waals surface area contributed by atoms with Gasteiger partial charge in [-0.05, 0) is 56.5 Å². The SMILES string of the molecule is Cc1ccc(Nc2nccc(N3c4ccccc4CC3C)n2)c(C)c1. The maximum absolute atomic E-state index is 4.77. The lowest BCUT2D eigenvalue weighted by atomic mass is 10.1. The summed E-state index contributed by atoms with van der Waals surface area (Å²) in [5.74, 6) is 1.56. The third-order valence-electron chi connectivity index (χ3n) is 4.72. The summed E-state index contributed by atoms with van der Waals surface area (Å²) in [4.78, 5) is 11.5. The van der Waals surface area contributed by atoms with Gasteiger partial charge in [0.2, 0.25) is 5.95 Å². The topological polar surface area (TPSA) is 41.1 Å². The second kappa shape index (κ2) is 6.20. The van der Waals surface area contributed by atoms with Crippen molar-refractivity contribution in [2.24, 2.45) is 0 Å². The van der Waals surface area contributed by atoms with Crippen molar-refractivity contribution in [2.75, 3.05) is 10.2 Å². The van der Waals surface area contributed by atoms with Crippen molar-refractivity contribution in [3.63, 3.8) is 0 Å². The average molecular weight is 330 g/mol. The number of nitrogens with zero attached hydrogens (tertiary/aromatic N) is 3. The molecule has 2 heterocycles. The minimum atomic E-state index is 0.390. The number of rotatable bonds is 3. The molecule has 1 aliphatic rings. The summed E-state index contributed by atoms with van der Waals surface area (Å²) in [5.41, 5.74) is 6.09. The van der Waals surface area contributed by atoms with Crippen molar-refractivity contribution in [1.82, 2.24) is 9.97 Å². The first-order valence-corrected chi connectivity index (χ1v) is 8.66. The second-order valence-corrected chi connectivity index (χ2v) is 6.73. The summed E-state index contributed by atoms with van der Waals surface area (Å²) in [6.45, 7) is 6.43. The Morgan fingerprint density at radius 3 is 2.76 bits per heavy atom. The molecular weight excluding hydrogens is 308 g/mol. The van der Waals surface area contributed by atoms with Gasteiger partial charge in [0.05, 0.1) is 0 Å². The molecule has 1 aromatic heterocycles. The Kier molecular flexibility index (Phi) is 3.88. The Bertz CT molecular complexity index is 919. The number of fused-ring (bicyclic) bond motifs is 1. The van der Waals surface area contributed by atoms with Gasteiger partial charge >= 0.3 is 0 Å². The Labute approximate surface area is 148 Å². The third kappa shape index (κ3) is 2.95. The van der Waals surface area contributed by atoms with Gasteiger partial charge in [-0.1, -0.05) is 35.9 Å². The van der Waals surface area contributed by atoms with Crippen LogP contribution >= 0.6 is 0 Å². The first-order chi connectivity index (χ1) is 12.1. The molecule has 4 nitrogen and oxygen atoms in total.